The molecule has 9 heteroatoms. The summed E-state index contributed by atoms with van der Waals surface area (Å²) in [4.78, 5) is 26.1. The Morgan fingerprint density at radius 3 is 2.62 bits per heavy atom. The molecule has 1 aliphatic rings. The number of aromatic amines is 1. The zero-order valence-corrected chi connectivity index (χ0v) is 12.3. The monoisotopic (exact) mass is 338 g/mol. The Labute approximate surface area is 134 Å². The minimum absolute atomic E-state index is 0.00756. The van der Waals surface area contributed by atoms with Crippen molar-refractivity contribution in [2.75, 3.05) is 6.61 Å². The van der Waals surface area contributed by atoms with Gasteiger partial charge in [-0.25, -0.2) is 9.18 Å². The van der Waals surface area contributed by atoms with Crippen molar-refractivity contribution < 1.29 is 24.4 Å². The fourth-order valence-electron chi connectivity index (χ4n) is 2.65. The summed E-state index contributed by atoms with van der Waals surface area (Å²) in [5.74, 6) is -0.558. The van der Waals surface area contributed by atoms with E-state index in [2.05, 4.69) is 4.98 Å². The van der Waals surface area contributed by atoms with Crippen molar-refractivity contribution in [2.24, 2.45) is 0 Å². The molecule has 0 radical (unpaired) electrons. The van der Waals surface area contributed by atoms with Crippen molar-refractivity contribution >= 4 is 0 Å². The number of nitrogens with zero attached hydrogens (tertiary/aromatic N) is 1. The first-order valence-electron chi connectivity index (χ1n) is 7.16. The number of nitrogens with one attached hydrogen (secondary N) is 1. The largest absolute Gasteiger partial charge is 0.394 e. The predicted octanol–water partition coefficient (Wildman–Crippen LogP) is -1.05. The van der Waals surface area contributed by atoms with Gasteiger partial charge in [0.05, 0.1) is 12.2 Å². The first kappa shape index (κ1) is 16.5. The molecule has 0 unspecified atom stereocenters. The highest BCUT2D eigenvalue weighted by molar-refractivity contribution is 5.61. The molecule has 24 heavy (non-hydrogen) atoms. The van der Waals surface area contributed by atoms with Gasteiger partial charge >= 0.3 is 5.69 Å². The highest BCUT2D eigenvalue weighted by atomic mass is 19.1. The summed E-state index contributed by atoms with van der Waals surface area (Å²) in [6.07, 6.45) is -4.12. The number of aliphatic hydroxyl groups excluding tert-OH is 3. The van der Waals surface area contributed by atoms with Gasteiger partial charge in [0.25, 0.3) is 5.56 Å². The molecule has 0 bridgehead atoms. The molecule has 8 nitrogen and oxygen atoms in total. The van der Waals surface area contributed by atoms with Gasteiger partial charge < -0.3 is 20.1 Å². The zero-order valence-electron chi connectivity index (χ0n) is 12.3. The number of halogens is 1. The Morgan fingerprint density at radius 1 is 1.25 bits per heavy atom. The van der Waals surface area contributed by atoms with Gasteiger partial charge in [0, 0.05) is 6.20 Å². The summed E-state index contributed by atoms with van der Waals surface area (Å²) < 4.78 is 19.5. The first-order chi connectivity index (χ1) is 11.4. The van der Waals surface area contributed by atoms with Gasteiger partial charge in [-0.1, -0.05) is 12.1 Å². The van der Waals surface area contributed by atoms with Crippen molar-refractivity contribution in [1.82, 2.24) is 9.55 Å². The number of H-pyrrole nitrogens is 1. The van der Waals surface area contributed by atoms with Crippen LogP contribution >= 0.6 is 0 Å². The van der Waals surface area contributed by atoms with E-state index in [1.54, 1.807) is 0 Å². The lowest BCUT2D eigenvalue weighted by atomic mass is 10.1. The van der Waals surface area contributed by atoms with Crippen molar-refractivity contribution in [3.05, 3.63) is 57.1 Å². The maximum Gasteiger partial charge on any atom is 0.330 e. The number of aliphatic hydroxyl groups is 3. The molecule has 0 amide bonds. The van der Waals surface area contributed by atoms with Gasteiger partial charge in [-0.3, -0.25) is 14.3 Å². The molecule has 0 saturated carbocycles. The number of aromatic nitrogens is 2. The van der Waals surface area contributed by atoms with Gasteiger partial charge in [-0.15, -0.1) is 0 Å². The molecule has 2 aromatic rings. The van der Waals surface area contributed by atoms with Crippen LogP contribution in [-0.4, -0.2) is 49.8 Å². The summed E-state index contributed by atoms with van der Waals surface area (Å²) in [7, 11) is 0. The Kier molecular flexibility index (Phi) is 4.33. The molecule has 1 aromatic heterocycles. The van der Waals surface area contributed by atoms with Crippen LogP contribution < -0.4 is 11.2 Å². The summed E-state index contributed by atoms with van der Waals surface area (Å²) in [6, 6.07) is 5.22. The quantitative estimate of drug-likeness (QED) is 0.566. The van der Waals surface area contributed by atoms with Crippen molar-refractivity contribution in [3.8, 4) is 11.1 Å². The van der Waals surface area contributed by atoms with Gasteiger partial charge in [-0.2, -0.15) is 0 Å². The molecule has 1 aliphatic heterocycles. The molecule has 0 spiro atoms. The van der Waals surface area contributed by atoms with E-state index in [1.807, 2.05) is 0 Å². The smallest absolute Gasteiger partial charge is 0.330 e. The second-order valence-electron chi connectivity index (χ2n) is 5.45. The van der Waals surface area contributed by atoms with Crippen LogP contribution in [-0.2, 0) is 4.74 Å². The molecule has 1 saturated heterocycles. The average molecular weight is 338 g/mol. The summed E-state index contributed by atoms with van der Waals surface area (Å²) in [6.45, 7) is -0.552. The van der Waals surface area contributed by atoms with Crippen LogP contribution in [0.4, 0.5) is 4.39 Å². The average Bonchev–Trinajstić information content (AvgIpc) is 2.83. The van der Waals surface area contributed by atoms with Crippen LogP contribution in [0, 0.1) is 5.82 Å². The topological polar surface area (TPSA) is 125 Å². The Hall–Kier alpha value is -2.33. The minimum atomic E-state index is -1.48. The molecule has 0 aliphatic carbocycles. The van der Waals surface area contributed by atoms with E-state index in [1.165, 1.54) is 18.2 Å². The third-order valence-electron chi connectivity index (χ3n) is 3.89. The minimum Gasteiger partial charge on any atom is -0.394 e. The van der Waals surface area contributed by atoms with E-state index < -0.39 is 48.2 Å². The molecule has 2 heterocycles. The lowest BCUT2D eigenvalue weighted by molar-refractivity contribution is -0.0549. The fraction of sp³-hybridized carbons (Fsp3) is 0.333. The Bertz CT molecular complexity index is 864. The van der Waals surface area contributed by atoms with E-state index in [0.29, 0.717) is 0 Å². The predicted molar refractivity (Wildman–Crippen MR) is 79.7 cm³/mol. The molecular formula is C15H15FN2O6. The van der Waals surface area contributed by atoms with Gasteiger partial charge in [0.1, 0.15) is 24.1 Å². The molecular weight excluding hydrogens is 323 g/mol. The normalized spacial score (nSPS) is 26.7. The summed E-state index contributed by atoms with van der Waals surface area (Å²) in [5.41, 5.74) is -1.37. The van der Waals surface area contributed by atoms with E-state index in [9.17, 15) is 24.2 Å². The maximum atomic E-state index is 13.4. The third-order valence-corrected chi connectivity index (χ3v) is 3.89. The van der Waals surface area contributed by atoms with E-state index in [-0.39, 0.29) is 11.1 Å². The van der Waals surface area contributed by atoms with Crippen LogP contribution in [0.15, 0.2) is 40.1 Å². The van der Waals surface area contributed by atoms with Gasteiger partial charge in [0.15, 0.2) is 6.23 Å². The fourth-order valence-corrected chi connectivity index (χ4v) is 2.65. The van der Waals surface area contributed by atoms with E-state index in [0.717, 1.165) is 16.8 Å². The van der Waals surface area contributed by atoms with E-state index >= 15 is 0 Å². The molecule has 128 valence electrons. The Morgan fingerprint density at radius 2 is 2.00 bits per heavy atom. The van der Waals surface area contributed by atoms with Gasteiger partial charge in [-0.05, 0) is 17.7 Å². The molecule has 4 N–H and O–H groups in total. The molecule has 1 aromatic carbocycles. The molecule has 3 rings (SSSR count). The number of hydrogen-bond donors (Lipinski definition) is 4. The standard InChI is InChI=1S/C15H15FN2O6/c16-8-3-1-2-7(4-8)9-5-18(15(23)17-13(9)22)14-12(21)11(20)10(6-19)24-14/h1-5,10-12,14,19-21H,6H2,(H,17,22,23)/t10-,11-,12-,14-/m1/s1. The van der Waals surface area contributed by atoms with Crippen LogP contribution in [0.5, 0.6) is 0 Å². The molecule has 4 atom stereocenters. The van der Waals surface area contributed by atoms with Crippen molar-refractivity contribution in [2.45, 2.75) is 24.5 Å². The Balaban J connectivity index is 2.09. The van der Waals surface area contributed by atoms with Crippen molar-refractivity contribution in [3.63, 3.8) is 0 Å². The summed E-state index contributed by atoms with van der Waals surface area (Å²) >= 11 is 0. The lowest BCUT2D eigenvalue weighted by Crippen LogP contribution is -2.38. The number of ether oxygens (including phenoxy) is 1. The second kappa shape index (κ2) is 6.29. The zero-order chi connectivity index (χ0) is 17.4. The van der Waals surface area contributed by atoms with Crippen molar-refractivity contribution in [1.29, 1.82) is 0 Å². The second-order valence-corrected chi connectivity index (χ2v) is 5.45. The highest BCUT2D eigenvalue weighted by Crippen LogP contribution is 2.28. The van der Waals surface area contributed by atoms with E-state index in [4.69, 9.17) is 9.84 Å². The molecule has 1 fully saturated rings. The van der Waals surface area contributed by atoms with Crippen LogP contribution in [0.1, 0.15) is 6.23 Å². The third kappa shape index (κ3) is 2.78. The van der Waals surface area contributed by atoms with Gasteiger partial charge in [0.2, 0.25) is 0 Å². The van der Waals surface area contributed by atoms with Crippen LogP contribution in [0.2, 0.25) is 0 Å². The highest BCUT2D eigenvalue weighted by Gasteiger charge is 2.43. The number of benzene rings is 1. The van der Waals surface area contributed by atoms with Crippen LogP contribution in [0.3, 0.4) is 0 Å². The SMILES string of the molecule is O=c1[nH]c(=O)n([C@@H]2O[C@H](CO)[C@@H](O)[C@H]2O)cc1-c1cccc(F)c1. The number of hydrogen-bond acceptors (Lipinski definition) is 6. The summed E-state index contributed by atoms with van der Waals surface area (Å²) in [5, 5.41) is 28.9. The first-order valence-corrected chi connectivity index (χ1v) is 7.16. The van der Waals surface area contributed by atoms with Crippen LogP contribution in [0.25, 0.3) is 11.1 Å². The number of rotatable bonds is 3. The maximum absolute atomic E-state index is 13.4. The lowest BCUT2D eigenvalue weighted by Gasteiger charge is -2.18.